The van der Waals surface area contributed by atoms with E-state index in [9.17, 15) is 0 Å². The van der Waals surface area contributed by atoms with Gasteiger partial charge in [-0.1, -0.05) is 5.16 Å². The van der Waals surface area contributed by atoms with Crippen molar-refractivity contribution in [2.45, 2.75) is 12.8 Å². The van der Waals surface area contributed by atoms with Gasteiger partial charge in [-0.3, -0.25) is 0 Å². The normalized spacial score (nSPS) is 15.6. The van der Waals surface area contributed by atoms with Crippen LogP contribution in [0.25, 0.3) is 17.0 Å². The zero-order valence-electron chi connectivity index (χ0n) is 8.55. The maximum Gasteiger partial charge on any atom is 0.257 e. The minimum atomic E-state index is 0.570. The molecule has 1 aliphatic heterocycles. The van der Waals surface area contributed by atoms with Crippen LogP contribution in [0.2, 0.25) is 0 Å². The van der Waals surface area contributed by atoms with E-state index in [1.807, 2.05) is 16.8 Å². The van der Waals surface area contributed by atoms with Crippen molar-refractivity contribution in [3.05, 3.63) is 29.0 Å². The molecule has 0 N–H and O–H groups in total. The molecule has 2 aromatic rings. The second-order valence-electron chi connectivity index (χ2n) is 3.55. The minimum Gasteiger partial charge on any atom is -0.501 e. The van der Waals surface area contributed by atoms with Gasteiger partial charge in [0.05, 0.1) is 18.4 Å². The standard InChI is InChI=1S/C11H10N2O2S/c1-2-8(6-14-4-1)11-12-10(13-15-11)9-3-5-16-7-9/h3,5-7H,1-2,4H2. The van der Waals surface area contributed by atoms with Crippen LogP contribution in [0.1, 0.15) is 18.7 Å². The summed E-state index contributed by atoms with van der Waals surface area (Å²) in [4.78, 5) is 4.36. The van der Waals surface area contributed by atoms with Crippen LogP contribution in [0.4, 0.5) is 0 Å². The van der Waals surface area contributed by atoms with E-state index in [-0.39, 0.29) is 0 Å². The van der Waals surface area contributed by atoms with Crippen LogP contribution in [-0.2, 0) is 4.74 Å². The van der Waals surface area contributed by atoms with Gasteiger partial charge in [-0.15, -0.1) is 0 Å². The Kier molecular flexibility index (Phi) is 2.46. The molecule has 0 amide bonds. The molecule has 0 spiro atoms. The number of hydrogen-bond acceptors (Lipinski definition) is 5. The number of thiophene rings is 1. The monoisotopic (exact) mass is 234 g/mol. The summed E-state index contributed by atoms with van der Waals surface area (Å²) >= 11 is 1.62. The van der Waals surface area contributed by atoms with E-state index >= 15 is 0 Å². The van der Waals surface area contributed by atoms with Gasteiger partial charge >= 0.3 is 0 Å². The fourth-order valence-corrected chi connectivity index (χ4v) is 2.22. The number of rotatable bonds is 2. The topological polar surface area (TPSA) is 48.2 Å². The number of aromatic nitrogens is 2. The summed E-state index contributed by atoms with van der Waals surface area (Å²) in [6.45, 7) is 0.773. The molecule has 0 fully saturated rings. The smallest absolute Gasteiger partial charge is 0.257 e. The SMILES string of the molecule is C1=C(c2nc(-c3ccsc3)no2)CCCO1. The maximum absolute atomic E-state index is 5.25. The van der Waals surface area contributed by atoms with Gasteiger partial charge in [0.2, 0.25) is 5.82 Å². The Labute approximate surface area is 96.6 Å². The predicted octanol–water partition coefficient (Wildman–Crippen LogP) is 2.95. The van der Waals surface area contributed by atoms with Gasteiger partial charge in [0.25, 0.3) is 5.89 Å². The fourth-order valence-electron chi connectivity index (χ4n) is 1.58. The summed E-state index contributed by atoms with van der Waals surface area (Å²) in [6, 6.07) is 1.98. The van der Waals surface area contributed by atoms with Crippen LogP contribution in [0.3, 0.4) is 0 Å². The molecule has 0 unspecified atom stereocenters. The van der Waals surface area contributed by atoms with Crippen molar-refractivity contribution < 1.29 is 9.26 Å². The molecule has 0 radical (unpaired) electrons. The zero-order chi connectivity index (χ0) is 10.8. The first-order valence-corrected chi connectivity index (χ1v) is 6.05. The second-order valence-corrected chi connectivity index (χ2v) is 4.33. The quantitative estimate of drug-likeness (QED) is 0.801. The molecule has 4 nitrogen and oxygen atoms in total. The predicted molar refractivity (Wildman–Crippen MR) is 60.8 cm³/mol. The van der Waals surface area contributed by atoms with Crippen LogP contribution < -0.4 is 0 Å². The first kappa shape index (κ1) is 9.59. The maximum atomic E-state index is 5.25. The van der Waals surface area contributed by atoms with Gasteiger partial charge < -0.3 is 9.26 Å². The molecule has 0 saturated carbocycles. The Morgan fingerprint density at radius 3 is 3.12 bits per heavy atom. The lowest BCUT2D eigenvalue weighted by Crippen LogP contribution is -1.98. The Balaban J connectivity index is 1.90. The van der Waals surface area contributed by atoms with Crippen molar-refractivity contribution in [2.75, 3.05) is 6.61 Å². The number of hydrogen-bond donors (Lipinski definition) is 0. The van der Waals surface area contributed by atoms with Gasteiger partial charge in [-0.2, -0.15) is 16.3 Å². The lowest BCUT2D eigenvalue weighted by molar-refractivity contribution is 0.233. The van der Waals surface area contributed by atoms with Crippen LogP contribution >= 0.6 is 11.3 Å². The molecule has 1 aliphatic rings. The van der Waals surface area contributed by atoms with E-state index in [4.69, 9.17) is 9.26 Å². The summed E-state index contributed by atoms with van der Waals surface area (Å²) in [6.07, 6.45) is 3.65. The van der Waals surface area contributed by atoms with Crippen molar-refractivity contribution in [3.63, 3.8) is 0 Å². The first-order valence-electron chi connectivity index (χ1n) is 5.11. The molecule has 82 valence electrons. The largest absolute Gasteiger partial charge is 0.501 e. The summed E-state index contributed by atoms with van der Waals surface area (Å²) < 4.78 is 10.5. The third-order valence-electron chi connectivity index (χ3n) is 2.41. The van der Waals surface area contributed by atoms with Crippen LogP contribution in [-0.4, -0.2) is 16.7 Å². The number of allylic oxidation sites excluding steroid dienone is 1. The van der Waals surface area contributed by atoms with Crippen molar-refractivity contribution in [1.29, 1.82) is 0 Å². The summed E-state index contributed by atoms with van der Waals surface area (Å²) in [5.74, 6) is 1.21. The molecule has 16 heavy (non-hydrogen) atoms. The Morgan fingerprint density at radius 1 is 1.38 bits per heavy atom. The number of nitrogens with zero attached hydrogens (tertiary/aromatic N) is 2. The summed E-state index contributed by atoms with van der Waals surface area (Å²) in [5.41, 5.74) is 1.98. The number of ether oxygens (including phenoxy) is 1. The highest BCUT2D eigenvalue weighted by molar-refractivity contribution is 7.08. The molecule has 0 atom stereocenters. The van der Waals surface area contributed by atoms with Crippen molar-refractivity contribution in [1.82, 2.24) is 10.1 Å². The Morgan fingerprint density at radius 2 is 2.38 bits per heavy atom. The molecule has 0 bridgehead atoms. The molecule has 3 heterocycles. The molecular weight excluding hydrogens is 224 g/mol. The summed E-state index contributed by atoms with van der Waals surface area (Å²) in [7, 11) is 0. The van der Waals surface area contributed by atoms with E-state index in [0.29, 0.717) is 11.7 Å². The first-order chi connectivity index (χ1) is 7.93. The molecule has 2 aromatic heterocycles. The molecular formula is C11H10N2O2S. The van der Waals surface area contributed by atoms with Crippen molar-refractivity contribution in [3.8, 4) is 11.4 Å². The van der Waals surface area contributed by atoms with E-state index in [0.717, 1.165) is 30.6 Å². The van der Waals surface area contributed by atoms with Crippen LogP contribution in [0.15, 0.2) is 27.6 Å². The van der Waals surface area contributed by atoms with Gasteiger partial charge in [-0.25, -0.2) is 0 Å². The van der Waals surface area contributed by atoms with Gasteiger partial charge in [0, 0.05) is 10.9 Å². The highest BCUT2D eigenvalue weighted by Crippen LogP contribution is 2.25. The highest BCUT2D eigenvalue weighted by Gasteiger charge is 2.15. The minimum absolute atomic E-state index is 0.570. The Bertz CT molecular complexity index is 502. The van der Waals surface area contributed by atoms with E-state index < -0.39 is 0 Å². The van der Waals surface area contributed by atoms with Crippen molar-refractivity contribution >= 4 is 16.9 Å². The summed E-state index contributed by atoms with van der Waals surface area (Å²) in [5, 5.41) is 7.95. The lowest BCUT2D eigenvalue weighted by Gasteiger charge is -2.09. The van der Waals surface area contributed by atoms with E-state index in [1.165, 1.54) is 0 Å². The molecule has 0 aromatic carbocycles. The fraction of sp³-hybridized carbons (Fsp3) is 0.273. The Hall–Kier alpha value is -1.62. The second kappa shape index (κ2) is 4.09. The third-order valence-corrected chi connectivity index (χ3v) is 3.10. The third kappa shape index (κ3) is 1.74. The molecule has 5 heteroatoms. The van der Waals surface area contributed by atoms with Crippen molar-refractivity contribution in [2.24, 2.45) is 0 Å². The molecule has 0 saturated heterocycles. The van der Waals surface area contributed by atoms with E-state index in [2.05, 4.69) is 10.1 Å². The molecule has 0 aliphatic carbocycles. The van der Waals surface area contributed by atoms with Gasteiger partial charge in [-0.05, 0) is 24.3 Å². The van der Waals surface area contributed by atoms with Gasteiger partial charge in [0.15, 0.2) is 0 Å². The van der Waals surface area contributed by atoms with Gasteiger partial charge in [0.1, 0.15) is 0 Å². The van der Waals surface area contributed by atoms with E-state index in [1.54, 1.807) is 17.6 Å². The average molecular weight is 234 g/mol. The average Bonchev–Trinajstić information content (AvgIpc) is 3.01. The van der Waals surface area contributed by atoms with Crippen LogP contribution in [0.5, 0.6) is 0 Å². The zero-order valence-corrected chi connectivity index (χ0v) is 9.37. The van der Waals surface area contributed by atoms with Crippen LogP contribution in [0, 0.1) is 0 Å². The lowest BCUT2D eigenvalue weighted by atomic mass is 10.1. The highest BCUT2D eigenvalue weighted by atomic mass is 32.1. The molecule has 3 rings (SSSR count).